The van der Waals surface area contributed by atoms with E-state index in [-0.39, 0.29) is 21.7 Å². The summed E-state index contributed by atoms with van der Waals surface area (Å²) in [6, 6.07) is 121. The molecule has 0 saturated heterocycles. The third-order valence-corrected chi connectivity index (χ3v) is 34.7. The van der Waals surface area contributed by atoms with Gasteiger partial charge in [0.05, 0.1) is 0 Å². The second-order valence-corrected chi connectivity index (χ2v) is 42.5. The lowest BCUT2D eigenvalue weighted by Crippen LogP contribution is -2.16. The molecule has 0 radical (unpaired) electrons. The number of benzene rings is 15. The van der Waals surface area contributed by atoms with Crippen molar-refractivity contribution in [2.75, 3.05) is 0 Å². The van der Waals surface area contributed by atoms with Crippen LogP contribution in [0.25, 0.3) is 64.7 Å². The van der Waals surface area contributed by atoms with Gasteiger partial charge < -0.3 is 0 Å². The van der Waals surface area contributed by atoms with Crippen molar-refractivity contribution in [3.63, 3.8) is 0 Å². The van der Waals surface area contributed by atoms with Gasteiger partial charge in [0.25, 0.3) is 0 Å². The van der Waals surface area contributed by atoms with Gasteiger partial charge >= 0.3 is 0 Å². The Bertz CT molecular complexity index is 6280. The summed E-state index contributed by atoms with van der Waals surface area (Å²) in [6.45, 7) is 18.7. The molecule has 11 heteroatoms. The number of halogens is 5. The van der Waals surface area contributed by atoms with Crippen LogP contribution in [0.3, 0.4) is 0 Å². The number of hydrogen-bond donors (Lipinski definition) is 0. The maximum Gasteiger partial charge on any atom is 0.0356 e. The summed E-state index contributed by atoms with van der Waals surface area (Å²) in [5.74, 6) is 0. The van der Waals surface area contributed by atoms with E-state index in [1.807, 2.05) is 64.5 Å². The summed E-state index contributed by atoms with van der Waals surface area (Å²) in [7, 11) is 0. The third kappa shape index (κ3) is 16.5. The molecule has 4 aliphatic carbocycles. The summed E-state index contributed by atoms with van der Waals surface area (Å²) in [6.07, 6.45) is 0. The van der Waals surface area contributed by atoms with Gasteiger partial charge in [-0.25, -0.2) is 0 Å². The summed E-state index contributed by atoms with van der Waals surface area (Å²) < 4.78 is 9.07. The molecule has 16 aromatic rings. The first kappa shape index (κ1) is 80.5. The highest BCUT2D eigenvalue weighted by molar-refractivity contribution is 14.1. The fraction of sp³-hybridized carbons (Fsp3) is 0.118. The molecule has 0 saturated carbocycles. The van der Waals surface area contributed by atoms with Crippen LogP contribution in [0.4, 0.5) is 0 Å². The Hall–Kier alpha value is -6.33. The van der Waals surface area contributed by atoms with Crippen LogP contribution < -0.4 is 0 Å². The Labute approximate surface area is 754 Å². The summed E-state index contributed by atoms with van der Waals surface area (Å²) in [4.78, 5) is 13.2. The largest absolute Gasteiger partial charge is 0.135 e. The third-order valence-electron chi connectivity index (χ3n) is 21.9. The lowest BCUT2D eigenvalue weighted by molar-refractivity contribution is 0.647. The number of thiophene rings is 1. The summed E-state index contributed by atoms with van der Waals surface area (Å²) >= 11 is 24.4. The van der Waals surface area contributed by atoms with Crippen LogP contribution in [0.1, 0.15) is 99.9 Å². The van der Waals surface area contributed by atoms with Gasteiger partial charge in [-0.1, -0.05) is 327 Å². The first-order valence-corrected chi connectivity index (χ1v) is 47.6. The molecule has 0 aliphatic heterocycles. The number of fused-ring (bicyclic) bond motifs is 15. The van der Waals surface area contributed by atoms with Crippen molar-refractivity contribution in [3.8, 4) is 44.5 Å². The van der Waals surface area contributed by atoms with Gasteiger partial charge in [-0.2, -0.15) is 0 Å². The fourth-order valence-corrected chi connectivity index (χ4v) is 25.5. The van der Waals surface area contributed by atoms with Crippen molar-refractivity contribution in [3.05, 3.63) is 397 Å². The smallest absolute Gasteiger partial charge is 0.0356 e. The average molecular weight is 2080 g/mol. The van der Waals surface area contributed by atoms with E-state index in [1.54, 1.807) is 11.8 Å². The molecule has 4 aliphatic rings. The second-order valence-electron chi connectivity index (χ2n) is 30.4. The summed E-state index contributed by atoms with van der Waals surface area (Å²) in [5.41, 5.74) is 23.0. The molecule has 0 unspecified atom stereocenters. The van der Waals surface area contributed by atoms with Crippen molar-refractivity contribution in [2.24, 2.45) is 0 Å². The molecule has 1 heterocycles. The Morgan fingerprint density at radius 2 is 0.593 bits per heavy atom. The van der Waals surface area contributed by atoms with E-state index in [0.717, 1.165) is 4.47 Å². The van der Waals surface area contributed by atoms with Gasteiger partial charge in [-0.05, 0) is 317 Å². The summed E-state index contributed by atoms with van der Waals surface area (Å²) in [5, 5.41) is 2.71. The molecule has 0 spiro atoms. The maximum absolute atomic E-state index is 3.62. The zero-order chi connectivity index (χ0) is 78.3. The van der Waals surface area contributed by atoms with Gasteiger partial charge in [-0.3, -0.25) is 0 Å². The second kappa shape index (κ2) is 34.3. The first-order chi connectivity index (χ1) is 54.6. The fourth-order valence-electron chi connectivity index (χ4n) is 16.2. The van der Waals surface area contributed by atoms with Crippen LogP contribution in [0.15, 0.2) is 387 Å². The van der Waals surface area contributed by atoms with E-state index < -0.39 is 0 Å². The van der Waals surface area contributed by atoms with Crippen molar-refractivity contribution >= 4 is 197 Å². The standard InChI is InChI=1S/4C21H17IS.C18H11BrS2/c1-21(2)16-10-4-3-8-14(16)15-9-7-13-19(20(15)21)23-18-12-6-5-11-17(18)22;1-21(2)15-9-4-3-8-14(15)20-16(21)10-7-13-19(20)23-18-12-6-5-11-17(18)22;1-21(2)17-8-4-3-7-15(17)16-13-14(11-12-18(16)21)23-20-10-6-5-9-19(20)22;1-21(2)17-8-4-3-7-15(17)16-12-11-14(13-18(16)21)23-20-10-6-5-9-19(20)22;19-15-6-2-4-8-18(15)20-12-9-10-17-14(11-12)13-5-1-3-7-16(13)21-17/h4*3-13H,1-2H3;1-11H. The van der Waals surface area contributed by atoms with E-state index >= 15 is 0 Å². The number of hydrogen-bond acceptors (Lipinski definition) is 6. The monoisotopic (exact) mass is 2080 g/mol. The van der Waals surface area contributed by atoms with Crippen LogP contribution in [0, 0.1) is 14.3 Å². The minimum Gasteiger partial charge on any atom is -0.135 e. The minimum atomic E-state index is 0.0513. The SMILES string of the molecule is Brc1ccccc1Sc1ccc2sc3ccccc3c2c1.CC1(C)c2ccccc2-c2c(Sc3ccccc3I)cccc21.CC1(C)c2ccccc2-c2cc(Sc3ccccc3I)ccc21.CC1(C)c2ccccc2-c2ccc(Sc3ccccc3I)cc21.CC1(C)c2ccccc2-c2cccc(Sc3ccccc3I)c21. The van der Waals surface area contributed by atoms with Crippen molar-refractivity contribution in [1.29, 1.82) is 0 Å². The zero-order valence-electron chi connectivity index (χ0n) is 63.6. The highest BCUT2D eigenvalue weighted by Crippen LogP contribution is 2.57. The molecular formula is C102H79BrI4S6. The van der Waals surface area contributed by atoms with E-state index in [1.165, 1.54) is 172 Å². The molecule has 113 heavy (non-hydrogen) atoms. The van der Waals surface area contributed by atoms with Crippen molar-refractivity contribution < 1.29 is 0 Å². The van der Waals surface area contributed by atoms with Crippen molar-refractivity contribution in [1.82, 2.24) is 0 Å². The molecule has 0 atom stereocenters. The topological polar surface area (TPSA) is 0 Å². The molecule has 0 fully saturated rings. The molecule has 15 aromatic carbocycles. The molecule has 0 nitrogen and oxygen atoms in total. The lowest BCUT2D eigenvalue weighted by Gasteiger charge is -2.24. The molecule has 0 bridgehead atoms. The van der Waals surface area contributed by atoms with Crippen molar-refractivity contribution in [2.45, 2.75) is 126 Å². The van der Waals surface area contributed by atoms with Crippen LogP contribution in [-0.4, -0.2) is 0 Å². The Morgan fingerprint density at radius 3 is 1.19 bits per heavy atom. The van der Waals surface area contributed by atoms with Gasteiger partial charge in [0, 0.05) is 110 Å². The van der Waals surface area contributed by atoms with Crippen LogP contribution in [0.2, 0.25) is 0 Å². The highest BCUT2D eigenvalue weighted by atomic mass is 127. The Kier molecular flexibility index (Phi) is 24.4. The Morgan fingerprint density at radius 1 is 0.239 bits per heavy atom. The van der Waals surface area contributed by atoms with E-state index in [4.69, 9.17) is 0 Å². The molecule has 0 amide bonds. The number of rotatable bonds is 10. The Balaban J connectivity index is 0.000000107. The predicted molar refractivity (Wildman–Crippen MR) is 527 cm³/mol. The average Bonchev–Trinajstić information content (AvgIpc) is 1.61. The normalized spacial score (nSPS) is 13.8. The molecule has 0 N–H and O–H groups in total. The molecule has 20 rings (SSSR count). The van der Waals surface area contributed by atoms with E-state index in [0.29, 0.717) is 0 Å². The van der Waals surface area contributed by atoms with Crippen LogP contribution in [0.5, 0.6) is 0 Å². The zero-order valence-corrected chi connectivity index (χ0v) is 78.7. The van der Waals surface area contributed by atoms with Gasteiger partial charge in [0.1, 0.15) is 0 Å². The van der Waals surface area contributed by atoms with Crippen LogP contribution in [-0.2, 0) is 21.7 Å². The first-order valence-electron chi connectivity index (χ1n) is 37.6. The van der Waals surface area contributed by atoms with Gasteiger partial charge in [0.15, 0.2) is 0 Å². The minimum absolute atomic E-state index is 0.0513. The molecule has 1 aromatic heterocycles. The predicted octanol–water partition coefficient (Wildman–Crippen LogP) is 34.0. The lowest BCUT2D eigenvalue weighted by atomic mass is 9.82. The molecule has 558 valence electrons. The van der Waals surface area contributed by atoms with Gasteiger partial charge in [0.2, 0.25) is 0 Å². The van der Waals surface area contributed by atoms with E-state index in [9.17, 15) is 0 Å². The van der Waals surface area contributed by atoms with Gasteiger partial charge in [-0.15, -0.1) is 11.3 Å². The van der Waals surface area contributed by atoms with E-state index in [2.05, 4.69) is 489 Å². The molecular weight excluding hydrogens is 2010 g/mol. The van der Waals surface area contributed by atoms with Crippen LogP contribution >= 0.6 is 176 Å². The quantitative estimate of drug-likeness (QED) is 0.125. The highest BCUT2D eigenvalue weighted by Gasteiger charge is 2.40. The maximum atomic E-state index is 3.62.